The van der Waals surface area contributed by atoms with Crippen molar-refractivity contribution in [2.75, 3.05) is 0 Å². The molecule has 2 rings (SSSR count). The first kappa shape index (κ1) is 16.3. The third-order valence-corrected chi connectivity index (χ3v) is 5.09. The van der Waals surface area contributed by atoms with Gasteiger partial charge >= 0.3 is 0 Å². The molecule has 9 heteroatoms. The first-order chi connectivity index (χ1) is 10.1. The molecule has 1 aromatic rings. The molecule has 22 heavy (non-hydrogen) atoms. The Labute approximate surface area is 125 Å². The zero-order valence-electron chi connectivity index (χ0n) is 11.8. The zero-order chi connectivity index (χ0) is 16.7. The molecule has 1 unspecified atom stereocenters. The number of nitrogens with zero attached hydrogens (tertiary/aromatic N) is 1. The van der Waals surface area contributed by atoms with Gasteiger partial charge in [0, 0.05) is 6.42 Å². The second kappa shape index (κ2) is 5.31. The third-order valence-electron chi connectivity index (χ3n) is 3.13. The predicted molar refractivity (Wildman–Crippen MR) is 74.4 cm³/mol. The zero-order valence-corrected chi connectivity index (χ0v) is 12.7. The number of sulfone groups is 1. The molecule has 0 aliphatic carbocycles. The van der Waals surface area contributed by atoms with Crippen LogP contribution in [0, 0.1) is 11.6 Å². The van der Waals surface area contributed by atoms with Crippen molar-refractivity contribution in [3.8, 4) is 0 Å². The van der Waals surface area contributed by atoms with Crippen LogP contribution < -0.4 is 5.73 Å². The monoisotopic (exact) mass is 332 g/mol. The number of carbonyl (C=O) groups is 1. The number of rotatable bonds is 3. The molecule has 0 radical (unpaired) electrons. The lowest BCUT2D eigenvalue weighted by molar-refractivity contribution is -0.117. The molecule has 0 saturated heterocycles. The molecule has 1 heterocycles. The molecule has 1 aliphatic rings. The van der Waals surface area contributed by atoms with Crippen LogP contribution >= 0.6 is 0 Å². The SMILES string of the molecule is CC1(C)CC(S(=O)(=O)C(C(N)=O)c2c(F)cccc2F)=NO1. The van der Waals surface area contributed by atoms with E-state index in [1.807, 2.05) is 0 Å². The van der Waals surface area contributed by atoms with Crippen LogP contribution in [0.5, 0.6) is 0 Å². The maximum Gasteiger partial charge on any atom is 0.240 e. The molecule has 0 bridgehead atoms. The van der Waals surface area contributed by atoms with Crippen molar-refractivity contribution in [2.24, 2.45) is 10.9 Å². The second-order valence-electron chi connectivity index (χ2n) is 5.48. The summed E-state index contributed by atoms with van der Waals surface area (Å²) in [7, 11) is -4.50. The molecular weight excluding hydrogens is 318 g/mol. The van der Waals surface area contributed by atoms with Crippen molar-refractivity contribution in [3.05, 3.63) is 35.4 Å². The van der Waals surface area contributed by atoms with E-state index >= 15 is 0 Å². The smallest absolute Gasteiger partial charge is 0.240 e. The minimum atomic E-state index is -4.50. The number of oxime groups is 1. The van der Waals surface area contributed by atoms with Crippen LogP contribution in [0.15, 0.2) is 23.4 Å². The highest BCUT2D eigenvalue weighted by Gasteiger charge is 2.45. The van der Waals surface area contributed by atoms with Crippen LogP contribution in [-0.4, -0.2) is 25.0 Å². The van der Waals surface area contributed by atoms with Crippen molar-refractivity contribution >= 4 is 20.8 Å². The quantitative estimate of drug-likeness (QED) is 0.905. The van der Waals surface area contributed by atoms with E-state index in [1.165, 1.54) is 0 Å². The van der Waals surface area contributed by atoms with Crippen LogP contribution in [0.2, 0.25) is 0 Å². The number of benzene rings is 1. The van der Waals surface area contributed by atoms with Crippen LogP contribution in [-0.2, 0) is 19.5 Å². The summed E-state index contributed by atoms with van der Waals surface area (Å²) in [5.74, 6) is -3.74. The van der Waals surface area contributed by atoms with Gasteiger partial charge in [0.2, 0.25) is 15.7 Å². The third kappa shape index (κ3) is 2.80. The highest BCUT2D eigenvalue weighted by molar-refractivity contribution is 8.07. The van der Waals surface area contributed by atoms with Gasteiger partial charge in [-0.15, -0.1) is 0 Å². The van der Waals surface area contributed by atoms with Gasteiger partial charge in [-0.25, -0.2) is 17.2 Å². The lowest BCUT2D eigenvalue weighted by Gasteiger charge is -2.17. The number of amides is 1. The molecule has 0 saturated carbocycles. The van der Waals surface area contributed by atoms with Crippen molar-refractivity contribution in [2.45, 2.75) is 31.1 Å². The van der Waals surface area contributed by atoms with E-state index in [1.54, 1.807) is 13.8 Å². The van der Waals surface area contributed by atoms with Gasteiger partial charge < -0.3 is 10.6 Å². The molecule has 1 aromatic carbocycles. The molecule has 0 spiro atoms. The number of carbonyl (C=O) groups excluding carboxylic acids is 1. The standard InChI is InChI=1S/C13H14F2N2O4S/c1-13(2)6-9(17-21-13)22(19,20)11(12(16)18)10-7(14)4-3-5-8(10)15/h3-5,11H,6H2,1-2H3,(H2,16,18). The lowest BCUT2D eigenvalue weighted by atomic mass is 10.1. The normalized spacial score (nSPS) is 18.5. The molecule has 1 atom stereocenters. The first-order valence-corrected chi connectivity index (χ1v) is 7.83. The van der Waals surface area contributed by atoms with Crippen molar-refractivity contribution < 1.29 is 26.8 Å². The van der Waals surface area contributed by atoms with Crippen molar-refractivity contribution in [3.63, 3.8) is 0 Å². The van der Waals surface area contributed by atoms with E-state index < -0.39 is 48.8 Å². The number of nitrogens with two attached hydrogens (primary N) is 1. The fraction of sp³-hybridized carbons (Fsp3) is 0.385. The molecule has 1 amide bonds. The Kier molecular flexibility index (Phi) is 3.94. The Morgan fingerprint density at radius 2 is 1.91 bits per heavy atom. The highest BCUT2D eigenvalue weighted by Crippen LogP contribution is 2.33. The van der Waals surface area contributed by atoms with E-state index in [0.29, 0.717) is 0 Å². The van der Waals surface area contributed by atoms with Gasteiger partial charge in [-0.2, -0.15) is 0 Å². The second-order valence-corrected chi connectivity index (χ2v) is 7.51. The topological polar surface area (TPSA) is 98.8 Å². The van der Waals surface area contributed by atoms with Gasteiger partial charge in [-0.1, -0.05) is 11.2 Å². The summed E-state index contributed by atoms with van der Waals surface area (Å²) in [6.45, 7) is 3.17. The maximum absolute atomic E-state index is 13.8. The van der Waals surface area contributed by atoms with E-state index in [9.17, 15) is 22.0 Å². The van der Waals surface area contributed by atoms with Crippen LogP contribution in [0.25, 0.3) is 0 Å². The average molecular weight is 332 g/mol. The average Bonchev–Trinajstić information content (AvgIpc) is 2.74. The van der Waals surface area contributed by atoms with Gasteiger partial charge in [0.25, 0.3) is 0 Å². The fourth-order valence-electron chi connectivity index (χ4n) is 2.10. The molecular formula is C13H14F2N2O4S. The van der Waals surface area contributed by atoms with E-state index in [-0.39, 0.29) is 6.42 Å². The van der Waals surface area contributed by atoms with Crippen molar-refractivity contribution in [1.82, 2.24) is 0 Å². The summed E-state index contributed by atoms with van der Waals surface area (Å²) >= 11 is 0. The molecule has 0 aromatic heterocycles. The Morgan fingerprint density at radius 3 is 2.32 bits per heavy atom. The summed E-state index contributed by atoms with van der Waals surface area (Å²) in [5, 5.41) is 0.752. The number of hydrogen-bond donors (Lipinski definition) is 1. The summed E-state index contributed by atoms with van der Waals surface area (Å²) in [6.07, 6.45) is -0.130. The van der Waals surface area contributed by atoms with Gasteiger partial charge in [-0.05, 0) is 26.0 Å². The van der Waals surface area contributed by atoms with E-state index in [4.69, 9.17) is 10.6 Å². The van der Waals surface area contributed by atoms with Crippen LogP contribution in [0.3, 0.4) is 0 Å². The lowest BCUT2D eigenvalue weighted by Crippen LogP contribution is -2.34. The van der Waals surface area contributed by atoms with Crippen LogP contribution in [0.1, 0.15) is 31.1 Å². The Morgan fingerprint density at radius 1 is 1.36 bits per heavy atom. The van der Waals surface area contributed by atoms with E-state index in [0.717, 1.165) is 18.2 Å². The van der Waals surface area contributed by atoms with E-state index in [2.05, 4.69) is 5.16 Å². The summed E-state index contributed by atoms with van der Waals surface area (Å²) in [4.78, 5) is 16.5. The van der Waals surface area contributed by atoms with Gasteiger partial charge in [0.1, 0.15) is 17.2 Å². The minimum Gasteiger partial charge on any atom is -0.389 e. The van der Waals surface area contributed by atoms with Gasteiger partial charge in [0.15, 0.2) is 10.3 Å². The maximum atomic E-state index is 13.8. The predicted octanol–water partition coefficient (Wildman–Crippen LogP) is 1.42. The summed E-state index contributed by atoms with van der Waals surface area (Å²) in [6, 6.07) is 2.75. The van der Waals surface area contributed by atoms with Crippen LogP contribution in [0.4, 0.5) is 8.78 Å². The molecule has 6 nitrogen and oxygen atoms in total. The van der Waals surface area contributed by atoms with Crippen molar-refractivity contribution in [1.29, 1.82) is 0 Å². The summed E-state index contributed by atoms with van der Waals surface area (Å²) in [5.41, 5.74) is 3.28. The molecule has 0 fully saturated rings. The number of primary amides is 1. The Bertz CT molecular complexity index is 739. The fourth-order valence-corrected chi connectivity index (χ4v) is 3.91. The number of halogens is 2. The Hall–Kier alpha value is -2.03. The minimum absolute atomic E-state index is 0.130. The largest absolute Gasteiger partial charge is 0.389 e. The molecule has 120 valence electrons. The van der Waals surface area contributed by atoms with Gasteiger partial charge in [0.05, 0.1) is 5.56 Å². The Balaban J connectivity index is 2.57. The first-order valence-electron chi connectivity index (χ1n) is 6.28. The highest BCUT2D eigenvalue weighted by atomic mass is 32.2. The molecule has 1 aliphatic heterocycles. The summed E-state index contributed by atoms with van der Waals surface area (Å²) < 4.78 is 52.7. The number of hydrogen-bond acceptors (Lipinski definition) is 5. The molecule has 2 N–H and O–H groups in total. The van der Waals surface area contributed by atoms with Gasteiger partial charge in [-0.3, -0.25) is 4.79 Å².